The summed E-state index contributed by atoms with van der Waals surface area (Å²) < 4.78 is 6.22. The largest absolute Gasteiger partial charge is 0.487 e. The standard InChI is InChI=1S/C25H26N2O2/c1-18-8-7-15-26-24(18)22-13-6-12-20-16-21(29-25(20)22)17-27-23(28)14-5-11-19-9-3-2-4-10-19/h2-4,6-10,12-13,15,21H,5,11,14,16-17H2,1H3,(H,27,28)/t21-/m0/s1. The monoisotopic (exact) mass is 386 g/mol. The smallest absolute Gasteiger partial charge is 0.220 e. The van der Waals surface area contributed by atoms with Crippen molar-refractivity contribution in [2.24, 2.45) is 0 Å². The van der Waals surface area contributed by atoms with E-state index in [-0.39, 0.29) is 12.0 Å². The summed E-state index contributed by atoms with van der Waals surface area (Å²) in [5, 5.41) is 3.04. The molecule has 2 aromatic carbocycles. The predicted molar refractivity (Wildman–Crippen MR) is 115 cm³/mol. The minimum Gasteiger partial charge on any atom is -0.487 e. The van der Waals surface area contributed by atoms with Crippen molar-refractivity contribution in [2.75, 3.05) is 6.54 Å². The lowest BCUT2D eigenvalue weighted by Crippen LogP contribution is -2.34. The van der Waals surface area contributed by atoms with Crippen molar-refractivity contribution in [3.05, 3.63) is 83.6 Å². The van der Waals surface area contributed by atoms with E-state index < -0.39 is 0 Å². The molecule has 0 saturated heterocycles. The molecule has 0 radical (unpaired) electrons. The summed E-state index contributed by atoms with van der Waals surface area (Å²) in [6.07, 6.45) is 4.89. The SMILES string of the molecule is Cc1cccnc1-c1cccc2c1O[C@H](CNC(=O)CCCc1ccccc1)C2. The highest BCUT2D eigenvalue weighted by Crippen LogP contribution is 2.38. The Morgan fingerprint density at radius 2 is 1.97 bits per heavy atom. The molecular weight excluding hydrogens is 360 g/mol. The number of hydrogen-bond acceptors (Lipinski definition) is 3. The number of carbonyl (C=O) groups excluding carboxylic acids is 1. The van der Waals surface area contributed by atoms with Crippen LogP contribution in [0.25, 0.3) is 11.3 Å². The molecule has 0 saturated carbocycles. The topological polar surface area (TPSA) is 51.2 Å². The van der Waals surface area contributed by atoms with Gasteiger partial charge >= 0.3 is 0 Å². The number of pyridine rings is 1. The summed E-state index contributed by atoms with van der Waals surface area (Å²) in [7, 11) is 0. The van der Waals surface area contributed by atoms with Gasteiger partial charge in [-0.15, -0.1) is 0 Å². The molecule has 0 aliphatic carbocycles. The highest BCUT2D eigenvalue weighted by atomic mass is 16.5. The number of nitrogens with zero attached hydrogens (tertiary/aromatic N) is 1. The number of hydrogen-bond donors (Lipinski definition) is 1. The summed E-state index contributed by atoms with van der Waals surface area (Å²) in [4.78, 5) is 16.8. The zero-order valence-corrected chi connectivity index (χ0v) is 16.7. The van der Waals surface area contributed by atoms with Gasteiger partial charge in [0, 0.05) is 24.6 Å². The minimum absolute atomic E-state index is 0.0340. The highest BCUT2D eigenvalue weighted by molar-refractivity contribution is 5.76. The minimum atomic E-state index is -0.0340. The van der Waals surface area contributed by atoms with Crippen LogP contribution < -0.4 is 10.1 Å². The number of aromatic nitrogens is 1. The Kier molecular flexibility index (Phi) is 5.89. The van der Waals surface area contributed by atoms with Crippen molar-refractivity contribution in [1.29, 1.82) is 0 Å². The fourth-order valence-electron chi connectivity index (χ4n) is 3.82. The van der Waals surface area contributed by atoms with Crippen LogP contribution in [0.1, 0.15) is 29.5 Å². The van der Waals surface area contributed by atoms with Crippen LogP contribution in [0.4, 0.5) is 0 Å². The zero-order chi connectivity index (χ0) is 20.1. The second-order valence-corrected chi connectivity index (χ2v) is 7.55. The third-order valence-corrected chi connectivity index (χ3v) is 5.33. The number of fused-ring (bicyclic) bond motifs is 1. The Morgan fingerprint density at radius 1 is 1.10 bits per heavy atom. The van der Waals surface area contributed by atoms with Crippen LogP contribution in [0.15, 0.2) is 66.9 Å². The van der Waals surface area contributed by atoms with Crippen LogP contribution >= 0.6 is 0 Å². The Hall–Kier alpha value is -3.14. The summed E-state index contributed by atoms with van der Waals surface area (Å²) in [5.41, 5.74) is 5.55. The molecule has 1 aliphatic heterocycles. The molecule has 0 fully saturated rings. The van der Waals surface area contributed by atoms with E-state index in [4.69, 9.17) is 4.74 Å². The quantitative estimate of drug-likeness (QED) is 0.650. The van der Waals surface area contributed by atoms with E-state index in [0.717, 1.165) is 41.8 Å². The average molecular weight is 386 g/mol. The van der Waals surface area contributed by atoms with Crippen LogP contribution in [-0.4, -0.2) is 23.5 Å². The highest BCUT2D eigenvalue weighted by Gasteiger charge is 2.26. The van der Waals surface area contributed by atoms with Crippen molar-refractivity contribution in [3.8, 4) is 17.0 Å². The number of carbonyl (C=O) groups is 1. The van der Waals surface area contributed by atoms with Crippen molar-refractivity contribution >= 4 is 5.91 Å². The van der Waals surface area contributed by atoms with Gasteiger partial charge in [0.1, 0.15) is 11.9 Å². The van der Waals surface area contributed by atoms with Gasteiger partial charge < -0.3 is 10.1 Å². The molecule has 0 spiro atoms. The van der Waals surface area contributed by atoms with E-state index in [2.05, 4.69) is 53.6 Å². The normalized spacial score (nSPS) is 14.9. The zero-order valence-electron chi connectivity index (χ0n) is 16.7. The Bertz CT molecular complexity index is 985. The molecule has 4 nitrogen and oxygen atoms in total. The fraction of sp³-hybridized carbons (Fsp3) is 0.280. The number of rotatable bonds is 7. The Balaban J connectivity index is 1.30. The van der Waals surface area contributed by atoms with Crippen LogP contribution in [-0.2, 0) is 17.6 Å². The maximum absolute atomic E-state index is 12.2. The van der Waals surface area contributed by atoms with Crippen LogP contribution in [0.2, 0.25) is 0 Å². The number of amides is 1. The second kappa shape index (κ2) is 8.91. The summed E-state index contributed by atoms with van der Waals surface area (Å²) >= 11 is 0. The van der Waals surface area contributed by atoms with Crippen molar-refractivity contribution < 1.29 is 9.53 Å². The van der Waals surface area contributed by atoms with E-state index in [1.54, 1.807) is 0 Å². The van der Waals surface area contributed by atoms with E-state index in [1.807, 2.05) is 30.5 Å². The second-order valence-electron chi connectivity index (χ2n) is 7.55. The number of benzene rings is 2. The van der Waals surface area contributed by atoms with E-state index in [1.165, 1.54) is 11.1 Å². The number of para-hydroxylation sites is 1. The molecule has 1 atom stereocenters. The van der Waals surface area contributed by atoms with Gasteiger partial charge in [-0.1, -0.05) is 48.5 Å². The van der Waals surface area contributed by atoms with Crippen LogP contribution in [0.3, 0.4) is 0 Å². The lowest BCUT2D eigenvalue weighted by molar-refractivity contribution is -0.121. The molecule has 1 amide bonds. The molecule has 2 heterocycles. The Labute approximate surface area is 172 Å². The molecule has 1 N–H and O–H groups in total. The third kappa shape index (κ3) is 4.65. The molecule has 1 aliphatic rings. The molecule has 1 aromatic heterocycles. The first-order valence-electron chi connectivity index (χ1n) is 10.2. The molecule has 29 heavy (non-hydrogen) atoms. The van der Waals surface area contributed by atoms with E-state index in [9.17, 15) is 4.79 Å². The molecule has 4 heteroatoms. The molecule has 4 rings (SSSR count). The first-order chi connectivity index (χ1) is 14.2. The summed E-state index contributed by atoms with van der Waals surface area (Å²) in [6.45, 7) is 2.59. The lowest BCUT2D eigenvalue weighted by Gasteiger charge is -2.14. The molecule has 0 unspecified atom stereocenters. The van der Waals surface area contributed by atoms with Gasteiger partial charge in [-0.05, 0) is 48.6 Å². The van der Waals surface area contributed by atoms with E-state index >= 15 is 0 Å². The number of aryl methyl sites for hydroxylation is 2. The molecular formula is C25H26N2O2. The molecule has 148 valence electrons. The number of ether oxygens (including phenoxy) is 1. The number of nitrogens with one attached hydrogen (secondary N) is 1. The van der Waals surface area contributed by atoms with Crippen molar-refractivity contribution in [2.45, 2.75) is 38.7 Å². The van der Waals surface area contributed by atoms with Gasteiger partial charge in [0.05, 0.1) is 12.2 Å². The lowest BCUT2D eigenvalue weighted by atomic mass is 10.0. The Morgan fingerprint density at radius 3 is 2.79 bits per heavy atom. The van der Waals surface area contributed by atoms with Gasteiger partial charge in [0.25, 0.3) is 0 Å². The van der Waals surface area contributed by atoms with E-state index in [0.29, 0.717) is 13.0 Å². The molecule has 0 bridgehead atoms. The summed E-state index contributed by atoms with van der Waals surface area (Å²) in [6, 6.07) is 20.5. The first kappa shape index (κ1) is 19.2. The summed E-state index contributed by atoms with van der Waals surface area (Å²) in [5.74, 6) is 0.985. The predicted octanol–water partition coefficient (Wildman–Crippen LogP) is 4.50. The maximum atomic E-state index is 12.2. The fourth-order valence-corrected chi connectivity index (χ4v) is 3.82. The first-order valence-corrected chi connectivity index (χ1v) is 10.2. The maximum Gasteiger partial charge on any atom is 0.220 e. The van der Waals surface area contributed by atoms with Gasteiger partial charge in [0.2, 0.25) is 5.91 Å². The van der Waals surface area contributed by atoms with Crippen molar-refractivity contribution in [3.63, 3.8) is 0 Å². The van der Waals surface area contributed by atoms with Crippen LogP contribution in [0, 0.1) is 6.92 Å². The molecule has 3 aromatic rings. The average Bonchev–Trinajstić information content (AvgIpc) is 3.17. The van der Waals surface area contributed by atoms with Gasteiger partial charge in [-0.2, -0.15) is 0 Å². The van der Waals surface area contributed by atoms with Gasteiger partial charge in [-0.3, -0.25) is 9.78 Å². The van der Waals surface area contributed by atoms with Crippen molar-refractivity contribution in [1.82, 2.24) is 10.3 Å². The third-order valence-electron chi connectivity index (χ3n) is 5.33. The van der Waals surface area contributed by atoms with Crippen LogP contribution in [0.5, 0.6) is 5.75 Å². The van der Waals surface area contributed by atoms with Gasteiger partial charge in [-0.25, -0.2) is 0 Å². The van der Waals surface area contributed by atoms with Gasteiger partial charge in [0.15, 0.2) is 0 Å².